The number of aryl methyl sites for hydroxylation is 1. The van der Waals surface area contributed by atoms with Crippen LogP contribution in [0.15, 0.2) is 48.9 Å². The Hall–Kier alpha value is -4.58. The number of carbonyl (C=O) groups excluding carboxylic acids is 1. The minimum absolute atomic E-state index is 0.00979. The van der Waals surface area contributed by atoms with Crippen molar-refractivity contribution in [3.05, 3.63) is 60.0 Å². The Morgan fingerprint density at radius 2 is 1.73 bits per heavy atom. The number of benzene rings is 1. The van der Waals surface area contributed by atoms with Crippen LogP contribution in [0.1, 0.15) is 34.8 Å². The van der Waals surface area contributed by atoms with E-state index >= 15 is 0 Å². The topological polar surface area (TPSA) is 130 Å². The van der Waals surface area contributed by atoms with Gasteiger partial charge in [-0.3, -0.25) is 14.7 Å². The van der Waals surface area contributed by atoms with Gasteiger partial charge < -0.3 is 19.6 Å². The van der Waals surface area contributed by atoms with Crippen molar-refractivity contribution >= 4 is 34.5 Å². The number of fused-ring (bicyclic) bond motifs is 1. The predicted octanol–water partition coefficient (Wildman–Crippen LogP) is 3.62. The van der Waals surface area contributed by atoms with Gasteiger partial charge in [0.1, 0.15) is 5.82 Å². The van der Waals surface area contributed by atoms with Crippen molar-refractivity contribution in [3.63, 3.8) is 0 Å². The van der Waals surface area contributed by atoms with Gasteiger partial charge >= 0.3 is 6.09 Å². The fraction of sp³-hybridized carbons (Fsp3) is 0.379. The van der Waals surface area contributed by atoms with Crippen molar-refractivity contribution in [1.29, 1.82) is 0 Å². The zero-order chi connectivity index (χ0) is 28.5. The van der Waals surface area contributed by atoms with Gasteiger partial charge in [0, 0.05) is 56.9 Å². The molecular weight excluding hydrogens is 524 g/mol. The molecule has 0 radical (unpaired) electrons. The zero-order valence-electron chi connectivity index (χ0n) is 23.1. The number of likely N-dealkylation sites (tertiary alicyclic amines) is 1. The van der Waals surface area contributed by atoms with Gasteiger partial charge in [-0.25, -0.2) is 19.4 Å². The van der Waals surface area contributed by atoms with Crippen molar-refractivity contribution in [2.24, 2.45) is 0 Å². The van der Waals surface area contributed by atoms with Crippen LogP contribution >= 0.6 is 0 Å². The number of pyridine rings is 1. The summed E-state index contributed by atoms with van der Waals surface area (Å²) < 4.78 is 7.56. The van der Waals surface area contributed by atoms with Gasteiger partial charge in [-0.15, -0.1) is 0 Å². The molecular formula is C29H32N8O4. The molecule has 6 rings (SSSR count). The first-order chi connectivity index (χ1) is 19.9. The molecule has 2 amide bonds. The van der Waals surface area contributed by atoms with E-state index in [1.165, 1.54) is 7.05 Å². The normalized spacial score (nSPS) is 16.2. The van der Waals surface area contributed by atoms with Gasteiger partial charge in [0.05, 0.1) is 36.4 Å². The van der Waals surface area contributed by atoms with Crippen LogP contribution in [-0.2, 0) is 4.74 Å². The average Bonchev–Trinajstić information content (AvgIpc) is 3.45. The first kappa shape index (κ1) is 26.6. The summed E-state index contributed by atoms with van der Waals surface area (Å²) in [4.78, 5) is 43.8. The quantitative estimate of drug-likeness (QED) is 0.392. The molecule has 0 aliphatic carbocycles. The Morgan fingerprint density at radius 1 is 1.00 bits per heavy atom. The summed E-state index contributed by atoms with van der Waals surface area (Å²) in [6, 6.07) is 9.11. The number of aromatic nitrogens is 5. The molecule has 0 atom stereocenters. The SMILES string of the molecule is Cc1ccncc1C(=O)N1CCC(n2ncc3c(N4CCOCC4)nc(-c4ccc(N(C)C(=O)O)cc4)nc32)CC1. The number of hydrogen-bond acceptors (Lipinski definition) is 8. The second-order valence-corrected chi connectivity index (χ2v) is 10.4. The number of morpholine rings is 1. The molecule has 5 heterocycles. The van der Waals surface area contributed by atoms with E-state index < -0.39 is 6.09 Å². The number of nitrogens with zero attached hydrogens (tertiary/aromatic N) is 8. The lowest BCUT2D eigenvalue weighted by Gasteiger charge is -2.32. The summed E-state index contributed by atoms with van der Waals surface area (Å²) in [5.74, 6) is 1.37. The second kappa shape index (κ2) is 11.1. The highest BCUT2D eigenvalue weighted by Gasteiger charge is 2.29. The van der Waals surface area contributed by atoms with Crippen molar-refractivity contribution in [3.8, 4) is 11.4 Å². The van der Waals surface area contributed by atoms with Gasteiger partial charge in [0.25, 0.3) is 5.91 Å². The highest BCUT2D eigenvalue weighted by Crippen LogP contribution is 2.33. The number of piperidine rings is 1. The van der Waals surface area contributed by atoms with Gasteiger partial charge in [-0.1, -0.05) is 0 Å². The summed E-state index contributed by atoms with van der Waals surface area (Å²) in [6.45, 7) is 5.83. The molecule has 41 heavy (non-hydrogen) atoms. The van der Waals surface area contributed by atoms with Gasteiger partial charge in [0.2, 0.25) is 0 Å². The van der Waals surface area contributed by atoms with Crippen LogP contribution in [0.2, 0.25) is 0 Å². The standard InChI is InChI=1S/C29H32N8O4/c1-19-7-10-30-17-23(19)28(38)36-11-8-22(9-12-36)37-27-24(18-31-37)26(35-13-15-41-16-14-35)32-25(33-27)20-3-5-21(6-4-20)34(2)29(39)40/h3-7,10,17-18,22H,8-9,11-16H2,1-2H3,(H,39,40). The fourth-order valence-electron chi connectivity index (χ4n) is 5.44. The largest absolute Gasteiger partial charge is 0.465 e. The number of amides is 2. The molecule has 12 nitrogen and oxygen atoms in total. The van der Waals surface area contributed by atoms with E-state index in [-0.39, 0.29) is 11.9 Å². The molecule has 0 bridgehead atoms. The fourth-order valence-corrected chi connectivity index (χ4v) is 5.44. The Kier molecular flexibility index (Phi) is 7.23. The summed E-state index contributed by atoms with van der Waals surface area (Å²) in [7, 11) is 1.51. The highest BCUT2D eigenvalue weighted by atomic mass is 16.5. The molecule has 12 heteroatoms. The van der Waals surface area contributed by atoms with Crippen LogP contribution < -0.4 is 9.80 Å². The number of carbonyl (C=O) groups is 2. The molecule has 2 saturated heterocycles. The third kappa shape index (κ3) is 5.18. The summed E-state index contributed by atoms with van der Waals surface area (Å²) >= 11 is 0. The molecule has 2 aliphatic rings. The molecule has 2 fully saturated rings. The Morgan fingerprint density at radius 3 is 2.41 bits per heavy atom. The predicted molar refractivity (Wildman–Crippen MR) is 153 cm³/mol. The molecule has 3 aromatic heterocycles. The number of anilines is 2. The van der Waals surface area contributed by atoms with Gasteiger partial charge in [0.15, 0.2) is 11.5 Å². The molecule has 0 unspecified atom stereocenters. The summed E-state index contributed by atoms with van der Waals surface area (Å²) in [6.07, 6.45) is 5.66. The van der Waals surface area contributed by atoms with E-state index in [0.717, 1.165) is 45.7 Å². The van der Waals surface area contributed by atoms with E-state index in [0.29, 0.717) is 56.5 Å². The highest BCUT2D eigenvalue weighted by molar-refractivity contribution is 5.95. The molecule has 4 aromatic rings. The van der Waals surface area contributed by atoms with E-state index in [1.807, 2.05) is 40.9 Å². The molecule has 0 saturated carbocycles. The smallest absolute Gasteiger partial charge is 0.411 e. The van der Waals surface area contributed by atoms with Crippen molar-refractivity contribution in [2.75, 3.05) is 56.2 Å². The van der Waals surface area contributed by atoms with E-state index in [9.17, 15) is 14.7 Å². The third-order valence-corrected chi connectivity index (χ3v) is 7.91. The van der Waals surface area contributed by atoms with Crippen molar-refractivity contribution < 1.29 is 19.4 Å². The molecule has 0 spiro atoms. The van der Waals surface area contributed by atoms with Crippen LogP contribution in [0.3, 0.4) is 0 Å². The maximum atomic E-state index is 13.1. The zero-order valence-corrected chi connectivity index (χ0v) is 23.1. The molecule has 2 aliphatic heterocycles. The number of hydrogen-bond donors (Lipinski definition) is 1. The maximum Gasteiger partial charge on any atom is 0.411 e. The first-order valence-electron chi connectivity index (χ1n) is 13.8. The van der Waals surface area contributed by atoms with Crippen LogP contribution in [0.5, 0.6) is 0 Å². The second-order valence-electron chi connectivity index (χ2n) is 10.4. The minimum atomic E-state index is -1.03. The number of carboxylic acid groups (broad SMARTS) is 1. The lowest BCUT2D eigenvalue weighted by atomic mass is 10.0. The van der Waals surface area contributed by atoms with Gasteiger partial charge in [-0.2, -0.15) is 5.10 Å². The van der Waals surface area contributed by atoms with Crippen LogP contribution in [0.4, 0.5) is 16.3 Å². The Balaban J connectivity index is 1.31. The van der Waals surface area contributed by atoms with Crippen LogP contribution in [0, 0.1) is 6.92 Å². The van der Waals surface area contributed by atoms with Crippen LogP contribution in [-0.4, -0.2) is 93.2 Å². The average molecular weight is 557 g/mol. The lowest BCUT2D eigenvalue weighted by Crippen LogP contribution is -2.39. The summed E-state index contributed by atoms with van der Waals surface area (Å²) in [5.41, 5.74) is 3.65. The van der Waals surface area contributed by atoms with E-state index in [2.05, 4.69) is 9.88 Å². The molecule has 1 N–H and O–H groups in total. The first-order valence-corrected chi connectivity index (χ1v) is 13.8. The monoisotopic (exact) mass is 556 g/mol. The lowest BCUT2D eigenvalue weighted by molar-refractivity contribution is 0.0690. The Labute approximate surface area is 237 Å². The number of rotatable bonds is 5. The van der Waals surface area contributed by atoms with Crippen molar-refractivity contribution in [1.82, 2.24) is 29.6 Å². The molecule has 212 valence electrons. The van der Waals surface area contributed by atoms with E-state index in [1.54, 1.807) is 24.5 Å². The van der Waals surface area contributed by atoms with Gasteiger partial charge in [-0.05, 0) is 55.7 Å². The maximum absolute atomic E-state index is 13.1. The van der Waals surface area contributed by atoms with E-state index in [4.69, 9.17) is 19.8 Å². The summed E-state index contributed by atoms with van der Waals surface area (Å²) in [5, 5.41) is 15.0. The van der Waals surface area contributed by atoms with Crippen molar-refractivity contribution in [2.45, 2.75) is 25.8 Å². The van der Waals surface area contributed by atoms with Crippen LogP contribution in [0.25, 0.3) is 22.4 Å². The minimum Gasteiger partial charge on any atom is -0.465 e. The third-order valence-electron chi connectivity index (χ3n) is 7.91. The number of ether oxygens (including phenoxy) is 1. The molecule has 1 aromatic carbocycles. The Bertz CT molecular complexity index is 1570.